The number of nitrogens with zero attached hydrogens (tertiary/aromatic N) is 8. The highest BCUT2D eigenvalue weighted by atomic mass is 16.7. The second-order valence-corrected chi connectivity index (χ2v) is 16.3. The number of hydrogen-bond donors (Lipinski definition) is 7. The van der Waals surface area contributed by atoms with E-state index in [0.717, 1.165) is 62.3 Å². The van der Waals surface area contributed by atoms with Crippen molar-refractivity contribution >= 4 is 29.0 Å². The maximum Gasteiger partial charge on any atom is 0.410 e. The number of unbranched alkanes of at least 4 members (excludes halogenated alkanes) is 1. The van der Waals surface area contributed by atoms with Gasteiger partial charge in [-0.2, -0.15) is 9.97 Å². The maximum absolute atomic E-state index is 13.2. The first kappa shape index (κ1) is 44.4. The number of carbonyl (C=O) groups is 2. The van der Waals surface area contributed by atoms with Crippen LogP contribution >= 0.6 is 0 Å². The Bertz CT molecular complexity index is 2500. The van der Waals surface area contributed by atoms with Crippen LogP contribution in [0.15, 0.2) is 47.3 Å². The molecule has 5 atom stereocenters. The zero-order valence-corrected chi connectivity index (χ0v) is 35.3. The number of rotatable bonds is 15. The zero-order valence-electron chi connectivity index (χ0n) is 35.3. The number of aliphatic hydroxyl groups is 3. The number of imidazole rings is 1. The van der Waals surface area contributed by atoms with Crippen molar-refractivity contribution in [2.75, 3.05) is 32.0 Å². The van der Waals surface area contributed by atoms with E-state index in [-0.39, 0.29) is 48.9 Å². The van der Waals surface area contributed by atoms with E-state index < -0.39 is 42.8 Å². The molecule has 3 aliphatic rings. The lowest BCUT2D eigenvalue weighted by Crippen LogP contribution is -2.61. The number of ether oxygens (including phenoxy) is 4. The number of carboxylic acids is 1. The number of nitrogen functional groups attached to an aromatic ring is 1. The Labute approximate surface area is 366 Å². The molecule has 2 aromatic carbocycles. The van der Waals surface area contributed by atoms with Crippen LogP contribution in [-0.2, 0) is 53.6 Å². The average molecular weight is 888 g/mol. The van der Waals surface area contributed by atoms with Gasteiger partial charge in [0.1, 0.15) is 42.0 Å². The van der Waals surface area contributed by atoms with Gasteiger partial charge >= 0.3 is 23.8 Å². The second kappa shape index (κ2) is 19.3. The number of aliphatic carboxylic acids is 1. The van der Waals surface area contributed by atoms with Gasteiger partial charge in [-0.15, -0.1) is 10.2 Å². The minimum atomic E-state index is -1.85. The fourth-order valence-corrected chi connectivity index (χ4v) is 8.24. The molecule has 0 radical (unpaired) electrons. The lowest BCUT2D eigenvalue weighted by Gasteiger charge is -2.38. The third kappa shape index (κ3) is 9.51. The number of likely N-dealkylation sites (tertiary alicyclic amines) is 1. The molecule has 5 aromatic rings. The largest absolute Gasteiger partial charge is 0.479 e. The van der Waals surface area contributed by atoms with E-state index in [2.05, 4.69) is 53.7 Å². The Balaban J connectivity index is 0.804. The average Bonchev–Trinajstić information content (AvgIpc) is 3.86. The van der Waals surface area contributed by atoms with Crippen LogP contribution in [0, 0.1) is 0 Å². The number of nitrogens with two attached hydrogens (primary N) is 2. The summed E-state index contributed by atoms with van der Waals surface area (Å²) in [5.74, 6) is 0.641. The van der Waals surface area contributed by atoms with E-state index in [4.69, 9.17) is 30.4 Å². The van der Waals surface area contributed by atoms with Gasteiger partial charge in [0.2, 0.25) is 6.29 Å². The Morgan fingerprint density at radius 1 is 0.938 bits per heavy atom. The van der Waals surface area contributed by atoms with E-state index in [1.54, 1.807) is 21.6 Å². The number of amides is 1. The number of H-pyrrole nitrogens is 1. The summed E-state index contributed by atoms with van der Waals surface area (Å²) in [5.41, 5.74) is 15.7. The van der Waals surface area contributed by atoms with Gasteiger partial charge in [0, 0.05) is 37.7 Å². The summed E-state index contributed by atoms with van der Waals surface area (Å²) in [5, 5.41) is 48.8. The Hall–Kier alpha value is -6.17. The molecule has 0 aliphatic carbocycles. The van der Waals surface area contributed by atoms with Crippen molar-refractivity contribution in [3.8, 4) is 11.8 Å². The molecular weight excluding hydrogens is 835 g/mol. The number of aromatic amines is 1. The molecule has 0 spiro atoms. The van der Waals surface area contributed by atoms with E-state index in [0.29, 0.717) is 54.4 Å². The molecule has 0 saturated carbocycles. The van der Waals surface area contributed by atoms with Crippen molar-refractivity contribution in [1.82, 2.24) is 44.1 Å². The molecule has 6 heterocycles. The SMILES string of the molecule is CCCCOc1nc(N)c2[nH]c(=O)n(Cc3ccc(CN4CCC(c5nnc6n5CCN(C(=O)OCc5ccc(O[C@@H]7O[C@H](C(=O)O)[C@@H](O)[C@H](O)[C@H]7O)c(CN)c5)C6)CC4)cc3)c2n1. The van der Waals surface area contributed by atoms with Gasteiger partial charge in [-0.05, 0) is 61.2 Å². The monoisotopic (exact) mass is 887 g/mol. The number of aliphatic hydroxyl groups excluding tert-OH is 3. The molecule has 8 rings (SSSR count). The number of nitrogens with one attached hydrogen (secondary N) is 1. The molecular formula is C42H53N11O11. The minimum Gasteiger partial charge on any atom is -0.479 e. The summed E-state index contributed by atoms with van der Waals surface area (Å²) in [6.07, 6.45) is -5.69. The van der Waals surface area contributed by atoms with Crippen molar-refractivity contribution in [2.24, 2.45) is 5.73 Å². The number of hydrogen-bond acceptors (Lipinski definition) is 17. The number of aromatic nitrogens is 7. The van der Waals surface area contributed by atoms with Crippen LogP contribution < -0.4 is 26.6 Å². The molecule has 342 valence electrons. The minimum absolute atomic E-state index is 0.0195. The highest BCUT2D eigenvalue weighted by molar-refractivity contribution is 5.82. The van der Waals surface area contributed by atoms with Crippen LogP contribution in [0.25, 0.3) is 11.2 Å². The molecule has 2 saturated heterocycles. The highest BCUT2D eigenvalue weighted by Gasteiger charge is 2.48. The Kier molecular flexibility index (Phi) is 13.4. The summed E-state index contributed by atoms with van der Waals surface area (Å²) in [6.45, 7) is 6.49. The molecule has 0 unspecified atom stereocenters. The highest BCUT2D eigenvalue weighted by Crippen LogP contribution is 2.31. The van der Waals surface area contributed by atoms with Gasteiger partial charge in [0.15, 0.2) is 23.4 Å². The Morgan fingerprint density at radius 2 is 1.67 bits per heavy atom. The fourth-order valence-electron chi connectivity index (χ4n) is 8.24. The summed E-state index contributed by atoms with van der Waals surface area (Å²) in [6, 6.07) is 13.1. The quantitative estimate of drug-likeness (QED) is 0.0715. The number of benzene rings is 2. The Morgan fingerprint density at radius 3 is 2.39 bits per heavy atom. The molecule has 64 heavy (non-hydrogen) atoms. The van der Waals surface area contributed by atoms with Crippen molar-refractivity contribution in [1.29, 1.82) is 0 Å². The van der Waals surface area contributed by atoms with Crippen LogP contribution in [0.1, 0.15) is 72.4 Å². The van der Waals surface area contributed by atoms with Crippen molar-refractivity contribution in [2.45, 2.75) is 109 Å². The number of anilines is 1. The van der Waals surface area contributed by atoms with Crippen molar-refractivity contribution in [3.05, 3.63) is 86.9 Å². The summed E-state index contributed by atoms with van der Waals surface area (Å²) in [4.78, 5) is 53.0. The van der Waals surface area contributed by atoms with E-state index in [1.807, 2.05) is 12.1 Å². The summed E-state index contributed by atoms with van der Waals surface area (Å²) < 4.78 is 25.8. The fraction of sp³-hybridized carbons (Fsp3) is 0.500. The lowest BCUT2D eigenvalue weighted by atomic mass is 9.95. The van der Waals surface area contributed by atoms with Crippen LogP contribution in [-0.4, -0.2) is 134 Å². The van der Waals surface area contributed by atoms with Crippen molar-refractivity contribution in [3.63, 3.8) is 0 Å². The van der Waals surface area contributed by atoms with Crippen LogP contribution in [0.4, 0.5) is 10.6 Å². The van der Waals surface area contributed by atoms with Crippen LogP contribution in [0.5, 0.6) is 11.8 Å². The number of fused-ring (bicyclic) bond motifs is 2. The molecule has 9 N–H and O–H groups in total. The smallest absolute Gasteiger partial charge is 0.410 e. The zero-order chi connectivity index (χ0) is 45.1. The molecule has 3 aliphatic heterocycles. The molecule has 3 aromatic heterocycles. The van der Waals surface area contributed by atoms with Gasteiger partial charge in [-0.1, -0.05) is 43.7 Å². The molecule has 22 heteroatoms. The first-order valence-corrected chi connectivity index (χ1v) is 21.3. The topological polar surface area (TPSA) is 305 Å². The third-order valence-corrected chi connectivity index (χ3v) is 11.9. The summed E-state index contributed by atoms with van der Waals surface area (Å²) in [7, 11) is 0. The number of carboxylic acid groups (broad SMARTS) is 1. The van der Waals surface area contributed by atoms with Crippen molar-refractivity contribution < 1.29 is 49.0 Å². The van der Waals surface area contributed by atoms with Gasteiger partial charge < -0.3 is 60.4 Å². The lowest BCUT2D eigenvalue weighted by molar-refractivity contribution is -0.271. The van der Waals surface area contributed by atoms with Crippen LogP contribution in [0.3, 0.4) is 0 Å². The standard InChI is InChI=1S/C42H53N11O11/c1-2-3-16-61-40-46-35(44)30-37(47-40)53(41(59)45-30)20-24-6-4-23(5-7-24)19-50-12-10-26(11-13-50)36-49-48-29-21-51(14-15-52(29)36)42(60)62-22-25-8-9-28(27(17-25)18-43)63-39-33(56)31(54)32(55)34(64-39)38(57)58/h4-9,17,26,31-34,39,54-56H,2-3,10-16,18-22,43H2,1H3,(H,45,59)(H,57,58)(H2,44,46,47)/t31-,32-,33+,34-,39+/m0/s1. The van der Waals surface area contributed by atoms with E-state index >= 15 is 0 Å². The maximum atomic E-state index is 13.2. The van der Waals surface area contributed by atoms with Gasteiger partial charge in [-0.3, -0.25) is 14.4 Å². The van der Waals surface area contributed by atoms with Crippen LogP contribution in [0.2, 0.25) is 0 Å². The predicted molar refractivity (Wildman–Crippen MR) is 226 cm³/mol. The third-order valence-electron chi connectivity index (χ3n) is 11.9. The summed E-state index contributed by atoms with van der Waals surface area (Å²) >= 11 is 0. The number of piperidine rings is 1. The molecule has 1 amide bonds. The number of carbonyl (C=O) groups excluding carboxylic acids is 1. The van der Waals surface area contributed by atoms with E-state index in [1.165, 1.54) is 6.07 Å². The van der Waals surface area contributed by atoms with Gasteiger partial charge in [-0.25, -0.2) is 14.4 Å². The van der Waals surface area contributed by atoms with E-state index in [9.17, 15) is 34.8 Å². The molecule has 2 fully saturated rings. The second-order valence-electron chi connectivity index (χ2n) is 16.3. The molecule has 22 nitrogen and oxygen atoms in total. The first-order chi connectivity index (χ1) is 30.9. The normalized spacial score (nSPS) is 21.8. The molecule has 0 bridgehead atoms. The predicted octanol–water partition coefficient (Wildman–Crippen LogP) is 0.782. The van der Waals surface area contributed by atoms with Gasteiger partial charge in [0.05, 0.1) is 19.7 Å². The first-order valence-electron chi connectivity index (χ1n) is 21.3. The van der Waals surface area contributed by atoms with Gasteiger partial charge in [0.25, 0.3) is 0 Å².